The Morgan fingerprint density at radius 3 is 2.07 bits per heavy atom. The van der Waals surface area contributed by atoms with Crippen molar-refractivity contribution in [1.29, 1.82) is 0 Å². The number of methoxy groups -OCH3 is 3. The van der Waals surface area contributed by atoms with Crippen molar-refractivity contribution < 1.29 is 14.2 Å². The van der Waals surface area contributed by atoms with Crippen LogP contribution in [0.25, 0.3) is 0 Å². The van der Waals surface area contributed by atoms with Gasteiger partial charge in [-0.2, -0.15) is 5.10 Å². The van der Waals surface area contributed by atoms with Gasteiger partial charge in [0.25, 0.3) is 0 Å². The summed E-state index contributed by atoms with van der Waals surface area (Å²) in [7, 11) is 4.83. The number of piperazine rings is 1. The van der Waals surface area contributed by atoms with E-state index < -0.39 is 0 Å². The van der Waals surface area contributed by atoms with Gasteiger partial charge in [-0.1, -0.05) is 30.3 Å². The molecule has 0 bridgehead atoms. The number of hydrogen-bond acceptors (Lipinski definition) is 6. The second-order valence-corrected chi connectivity index (χ2v) is 6.42. The van der Waals surface area contributed by atoms with E-state index in [0.29, 0.717) is 17.2 Å². The van der Waals surface area contributed by atoms with Crippen molar-refractivity contribution in [3.63, 3.8) is 0 Å². The van der Waals surface area contributed by atoms with Crippen molar-refractivity contribution in [3.8, 4) is 17.2 Å². The predicted octanol–water partition coefficient (Wildman–Crippen LogP) is 2.86. The van der Waals surface area contributed by atoms with Crippen molar-refractivity contribution in [2.24, 2.45) is 5.10 Å². The number of hydrogen-bond donors (Lipinski definition) is 0. The Balaban J connectivity index is 1.59. The second-order valence-electron chi connectivity index (χ2n) is 6.42. The molecule has 0 radical (unpaired) electrons. The van der Waals surface area contributed by atoms with E-state index in [-0.39, 0.29) is 0 Å². The summed E-state index contributed by atoms with van der Waals surface area (Å²) in [6.45, 7) is 4.82. The Morgan fingerprint density at radius 2 is 1.52 bits per heavy atom. The average molecular weight is 369 g/mol. The maximum Gasteiger partial charge on any atom is 0.203 e. The van der Waals surface area contributed by atoms with Crippen molar-refractivity contribution in [3.05, 3.63) is 53.6 Å². The van der Waals surface area contributed by atoms with Crippen LogP contribution in [0.1, 0.15) is 11.1 Å². The van der Waals surface area contributed by atoms with Gasteiger partial charge in [0.1, 0.15) is 0 Å². The molecule has 0 atom stereocenters. The largest absolute Gasteiger partial charge is 0.493 e. The van der Waals surface area contributed by atoms with Crippen LogP contribution in [-0.4, -0.2) is 63.6 Å². The molecule has 144 valence electrons. The summed E-state index contributed by atoms with van der Waals surface area (Å²) in [5.41, 5.74) is 2.27. The fourth-order valence-electron chi connectivity index (χ4n) is 3.18. The molecule has 0 saturated carbocycles. The van der Waals surface area contributed by atoms with Crippen LogP contribution in [0.5, 0.6) is 17.2 Å². The Hall–Kier alpha value is -2.73. The van der Waals surface area contributed by atoms with Crippen LogP contribution in [0.15, 0.2) is 47.6 Å². The molecule has 0 amide bonds. The van der Waals surface area contributed by atoms with Crippen LogP contribution < -0.4 is 14.2 Å². The summed E-state index contributed by atoms with van der Waals surface area (Å²) < 4.78 is 16.1. The standard InChI is InChI=1S/C21H27N3O3/c1-25-19-13-18(14-20(26-2)21(19)27-3)15-22-24-11-9-23(10-12-24)16-17-7-5-4-6-8-17/h4-8,13-15H,9-12,16H2,1-3H3. The third-order valence-electron chi connectivity index (χ3n) is 4.65. The maximum atomic E-state index is 5.39. The van der Waals surface area contributed by atoms with Gasteiger partial charge in [-0.25, -0.2) is 0 Å². The zero-order valence-electron chi connectivity index (χ0n) is 16.2. The van der Waals surface area contributed by atoms with Crippen LogP contribution in [-0.2, 0) is 6.54 Å². The number of rotatable bonds is 7. The zero-order chi connectivity index (χ0) is 19.1. The monoisotopic (exact) mass is 369 g/mol. The minimum absolute atomic E-state index is 0.590. The van der Waals surface area contributed by atoms with E-state index >= 15 is 0 Å². The van der Waals surface area contributed by atoms with E-state index in [4.69, 9.17) is 14.2 Å². The van der Waals surface area contributed by atoms with Gasteiger partial charge in [0.2, 0.25) is 5.75 Å². The molecule has 1 saturated heterocycles. The molecule has 1 fully saturated rings. The summed E-state index contributed by atoms with van der Waals surface area (Å²) in [6.07, 6.45) is 1.84. The smallest absolute Gasteiger partial charge is 0.203 e. The fraction of sp³-hybridized carbons (Fsp3) is 0.381. The Labute approximate surface area is 160 Å². The molecule has 1 aliphatic rings. The lowest BCUT2D eigenvalue weighted by molar-refractivity contribution is 0.131. The molecule has 0 spiro atoms. The molecular weight excluding hydrogens is 342 g/mol. The number of ether oxygens (including phenoxy) is 3. The highest BCUT2D eigenvalue weighted by molar-refractivity contribution is 5.82. The summed E-state index contributed by atoms with van der Waals surface area (Å²) in [5, 5.41) is 6.73. The number of hydrazone groups is 1. The first-order valence-corrected chi connectivity index (χ1v) is 9.08. The lowest BCUT2D eigenvalue weighted by atomic mass is 10.2. The summed E-state index contributed by atoms with van der Waals surface area (Å²) in [5.74, 6) is 1.85. The van der Waals surface area contributed by atoms with Gasteiger partial charge in [0.15, 0.2) is 11.5 Å². The van der Waals surface area contributed by atoms with E-state index in [1.807, 2.05) is 18.3 Å². The van der Waals surface area contributed by atoms with Gasteiger partial charge in [0.05, 0.1) is 27.5 Å². The first kappa shape index (κ1) is 19.0. The summed E-state index contributed by atoms with van der Waals surface area (Å²) in [6, 6.07) is 14.4. The van der Waals surface area contributed by atoms with Gasteiger partial charge >= 0.3 is 0 Å². The zero-order valence-corrected chi connectivity index (χ0v) is 16.2. The molecule has 0 aromatic heterocycles. The third-order valence-corrected chi connectivity index (χ3v) is 4.65. The highest BCUT2D eigenvalue weighted by Gasteiger charge is 2.16. The first-order valence-electron chi connectivity index (χ1n) is 9.08. The van der Waals surface area contributed by atoms with Gasteiger partial charge in [-0.05, 0) is 17.7 Å². The van der Waals surface area contributed by atoms with E-state index in [1.54, 1.807) is 21.3 Å². The van der Waals surface area contributed by atoms with Crippen molar-refractivity contribution in [2.45, 2.75) is 6.54 Å². The van der Waals surface area contributed by atoms with Gasteiger partial charge in [-0.15, -0.1) is 0 Å². The molecule has 0 N–H and O–H groups in total. The van der Waals surface area contributed by atoms with E-state index in [2.05, 4.69) is 45.3 Å². The van der Waals surface area contributed by atoms with Gasteiger partial charge in [0, 0.05) is 38.3 Å². The lowest BCUT2D eigenvalue weighted by Gasteiger charge is -2.33. The molecule has 0 unspecified atom stereocenters. The van der Waals surface area contributed by atoms with E-state index in [1.165, 1.54) is 5.56 Å². The van der Waals surface area contributed by atoms with E-state index in [0.717, 1.165) is 38.3 Å². The molecule has 6 heteroatoms. The maximum absolute atomic E-state index is 5.39. The lowest BCUT2D eigenvalue weighted by Crippen LogP contribution is -2.43. The highest BCUT2D eigenvalue weighted by Crippen LogP contribution is 2.37. The van der Waals surface area contributed by atoms with Crippen LogP contribution in [0.3, 0.4) is 0 Å². The Bertz CT molecular complexity index is 732. The van der Waals surface area contributed by atoms with Gasteiger partial charge < -0.3 is 14.2 Å². The normalized spacial score (nSPS) is 15.1. The molecule has 0 aliphatic carbocycles. The van der Waals surface area contributed by atoms with Crippen LogP contribution in [0.4, 0.5) is 0 Å². The molecule has 1 aliphatic heterocycles. The van der Waals surface area contributed by atoms with Crippen molar-refractivity contribution in [2.75, 3.05) is 47.5 Å². The molecular formula is C21H27N3O3. The van der Waals surface area contributed by atoms with Crippen molar-refractivity contribution in [1.82, 2.24) is 9.91 Å². The molecule has 2 aromatic carbocycles. The topological polar surface area (TPSA) is 46.5 Å². The van der Waals surface area contributed by atoms with E-state index in [9.17, 15) is 0 Å². The van der Waals surface area contributed by atoms with Crippen LogP contribution >= 0.6 is 0 Å². The Kier molecular flexibility index (Phi) is 6.54. The SMILES string of the molecule is COc1cc(C=NN2CCN(Cc3ccccc3)CC2)cc(OC)c1OC. The second kappa shape index (κ2) is 9.28. The minimum atomic E-state index is 0.590. The highest BCUT2D eigenvalue weighted by atomic mass is 16.5. The third kappa shape index (κ3) is 4.92. The van der Waals surface area contributed by atoms with Gasteiger partial charge in [-0.3, -0.25) is 9.91 Å². The quantitative estimate of drug-likeness (QED) is 0.703. The molecule has 3 rings (SSSR count). The predicted molar refractivity (Wildman–Crippen MR) is 107 cm³/mol. The fourth-order valence-corrected chi connectivity index (χ4v) is 3.18. The summed E-state index contributed by atoms with van der Waals surface area (Å²) in [4.78, 5) is 2.46. The average Bonchev–Trinajstić information content (AvgIpc) is 2.73. The molecule has 2 aromatic rings. The number of benzene rings is 2. The summed E-state index contributed by atoms with van der Waals surface area (Å²) >= 11 is 0. The van der Waals surface area contributed by atoms with Crippen LogP contribution in [0.2, 0.25) is 0 Å². The molecule has 6 nitrogen and oxygen atoms in total. The Morgan fingerprint density at radius 1 is 0.889 bits per heavy atom. The minimum Gasteiger partial charge on any atom is -0.493 e. The van der Waals surface area contributed by atoms with Crippen molar-refractivity contribution >= 4 is 6.21 Å². The molecule has 27 heavy (non-hydrogen) atoms. The molecule has 1 heterocycles. The van der Waals surface area contributed by atoms with Crippen LogP contribution in [0, 0.1) is 0 Å². The number of nitrogens with zero attached hydrogens (tertiary/aromatic N) is 3. The first-order chi connectivity index (χ1) is 13.2.